The third kappa shape index (κ3) is 5.28. The first-order valence-corrected chi connectivity index (χ1v) is 10.0. The SMILES string of the molecule is O=C(CN1C(=O)/C(=C/c2ccccc2)SC1=S)NC(CO)Cc1ccccc1. The minimum atomic E-state index is -0.423. The molecule has 1 aliphatic rings. The van der Waals surface area contributed by atoms with Gasteiger partial charge in [0.25, 0.3) is 5.91 Å². The Bertz CT molecular complexity index is 885. The molecule has 0 aromatic heterocycles. The molecule has 1 heterocycles. The van der Waals surface area contributed by atoms with Gasteiger partial charge in [-0.15, -0.1) is 0 Å². The van der Waals surface area contributed by atoms with Gasteiger partial charge in [-0.3, -0.25) is 14.5 Å². The molecular weight excluding hydrogens is 392 g/mol. The van der Waals surface area contributed by atoms with E-state index in [1.165, 1.54) is 16.7 Å². The summed E-state index contributed by atoms with van der Waals surface area (Å²) in [6, 6.07) is 18.7. The third-order valence-electron chi connectivity index (χ3n) is 4.18. The largest absolute Gasteiger partial charge is 0.394 e. The van der Waals surface area contributed by atoms with Gasteiger partial charge < -0.3 is 10.4 Å². The van der Waals surface area contributed by atoms with Gasteiger partial charge in [-0.25, -0.2) is 0 Å². The normalized spacial score (nSPS) is 16.5. The van der Waals surface area contributed by atoms with Crippen LogP contribution in [0, 0.1) is 0 Å². The fourth-order valence-electron chi connectivity index (χ4n) is 2.81. The quantitative estimate of drug-likeness (QED) is 0.540. The minimum absolute atomic E-state index is 0.165. The summed E-state index contributed by atoms with van der Waals surface area (Å²) in [6.07, 6.45) is 2.28. The van der Waals surface area contributed by atoms with Gasteiger partial charge in [-0.1, -0.05) is 84.6 Å². The lowest BCUT2D eigenvalue weighted by Gasteiger charge is -2.19. The Morgan fingerprint density at radius 2 is 1.79 bits per heavy atom. The molecule has 1 atom stereocenters. The number of carbonyl (C=O) groups is 2. The molecule has 1 unspecified atom stereocenters. The summed E-state index contributed by atoms with van der Waals surface area (Å²) in [5.41, 5.74) is 1.91. The number of aliphatic hydroxyl groups excluding tert-OH is 1. The molecule has 0 aliphatic carbocycles. The van der Waals surface area contributed by atoms with Gasteiger partial charge in [0.15, 0.2) is 0 Å². The maximum atomic E-state index is 12.6. The summed E-state index contributed by atoms with van der Waals surface area (Å²) in [7, 11) is 0. The molecule has 1 fully saturated rings. The van der Waals surface area contributed by atoms with Crippen LogP contribution in [0.15, 0.2) is 65.6 Å². The van der Waals surface area contributed by atoms with Crippen LogP contribution in [0.2, 0.25) is 0 Å². The molecule has 0 saturated carbocycles. The average molecular weight is 413 g/mol. The topological polar surface area (TPSA) is 69.6 Å². The van der Waals surface area contributed by atoms with Gasteiger partial charge in [-0.2, -0.15) is 0 Å². The van der Waals surface area contributed by atoms with Gasteiger partial charge in [-0.05, 0) is 23.6 Å². The van der Waals surface area contributed by atoms with Crippen molar-refractivity contribution in [2.24, 2.45) is 0 Å². The second-order valence-electron chi connectivity index (χ2n) is 6.32. The zero-order valence-corrected chi connectivity index (χ0v) is 16.7. The monoisotopic (exact) mass is 412 g/mol. The summed E-state index contributed by atoms with van der Waals surface area (Å²) in [5.74, 6) is -0.634. The highest BCUT2D eigenvalue weighted by atomic mass is 32.2. The van der Waals surface area contributed by atoms with Crippen molar-refractivity contribution in [2.75, 3.05) is 13.2 Å². The highest BCUT2D eigenvalue weighted by Gasteiger charge is 2.33. The van der Waals surface area contributed by atoms with Crippen LogP contribution in [0.3, 0.4) is 0 Å². The van der Waals surface area contributed by atoms with E-state index in [9.17, 15) is 14.7 Å². The minimum Gasteiger partial charge on any atom is -0.394 e. The van der Waals surface area contributed by atoms with Crippen LogP contribution in [0.5, 0.6) is 0 Å². The molecule has 0 bridgehead atoms. The molecular formula is C21H20N2O3S2. The third-order valence-corrected chi connectivity index (χ3v) is 5.56. The maximum absolute atomic E-state index is 12.6. The summed E-state index contributed by atoms with van der Waals surface area (Å²) in [6.45, 7) is -0.352. The van der Waals surface area contributed by atoms with Crippen molar-refractivity contribution in [1.29, 1.82) is 0 Å². The number of benzene rings is 2. The first kappa shape index (κ1) is 20.3. The number of thioether (sulfide) groups is 1. The van der Waals surface area contributed by atoms with E-state index >= 15 is 0 Å². The van der Waals surface area contributed by atoms with E-state index in [0.29, 0.717) is 15.6 Å². The number of aliphatic hydroxyl groups is 1. The molecule has 2 aromatic carbocycles. The Balaban J connectivity index is 1.61. The molecule has 144 valence electrons. The lowest BCUT2D eigenvalue weighted by atomic mass is 10.1. The first-order chi connectivity index (χ1) is 13.6. The van der Waals surface area contributed by atoms with Crippen LogP contribution in [-0.2, 0) is 16.0 Å². The molecule has 1 saturated heterocycles. The summed E-state index contributed by atoms with van der Waals surface area (Å²) in [4.78, 5) is 26.8. The number of nitrogens with one attached hydrogen (secondary N) is 1. The number of rotatable bonds is 7. The summed E-state index contributed by atoms with van der Waals surface area (Å²) < 4.78 is 0.353. The van der Waals surface area contributed by atoms with Gasteiger partial charge in [0.05, 0.1) is 17.6 Å². The van der Waals surface area contributed by atoms with E-state index in [4.69, 9.17) is 12.2 Å². The summed E-state index contributed by atoms with van der Waals surface area (Å²) in [5, 5.41) is 12.3. The van der Waals surface area contributed by atoms with E-state index in [-0.39, 0.29) is 25.0 Å². The molecule has 5 nitrogen and oxygen atoms in total. The Morgan fingerprint density at radius 1 is 1.14 bits per heavy atom. The second kappa shape index (κ2) is 9.64. The van der Waals surface area contributed by atoms with E-state index in [1.54, 1.807) is 6.08 Å². The number of hydrogen-bond acceptors (Lipinski definition) is 5. The predicted molar refractivity (Wildman–Crippen MR) is 115 cm³/mol. The summed E-state index contributed by atoms with van der Waals surface area (Å²) >= 11 is 6.46. The zero-order chi connectivity index (χ0) is 19.9. The highest BCUT2D eigenvalue weighted by molar-refractivity contribution is 8.26. The van der Waals surface area contributed by atoms with Gasteiger partial charge in [0.2, 0.25) is 5.91 Å². The van der Waals surface area contributed by atoms with E-state index in [2.05, 4.69) is 5.32 Å². The fraction of sp³-hybridized carbons (Fsp3) is 0.190. The van der Waals surface area contributed by atoms with E-state index in [1.807, 2.05) is 60.7 Å². The number of nitrogens with zero attached hydrogens (tertiary/aromatic N) is 1. The molecule has 7 heteroatoms. The molecule has 0 spiro atoms. The van der Waals surface area contributed by atoms with Crippen LogP contribution in [0.25, 0.3) is 6.08 Å². The Kier molecular flexibility index (Phi) is 6.97. The fourth-order valence-corrected chi connectivity index (χ4v) is 4.07. The molecule has 2 amide bonds. The molecule has 1 aliphatic heterocycles. The van der Waals surface area contributed by atoms with Crippen LogP contribution in [0.1, 0.15) is 11.1 Å². The van der Waals surface area contributed by atoms with Crippen molar-refractivity contribution < 1.29 is 14.7 Å². The Morgan fingerprint density at radius 3 is 2.43 bits per heavy atom. The van der Waals surface area contributed by atoms with E-state index in [0.717, 1.165) is 11.1 Å². The zero-order valence-electron chi connectivity index (χ0n) is 15.1. The average Bonchev–Trinajstić information content (AvgIpc) is 2.96. The smallest absolute Gasteiger partial charge is 0.266 e. The van der Waals surface area contributed by atoms with Crippen LogP contribution in [0.4, 0.5) is 0 Å². The molecule has 3 rings (SSSR count). The van der Waals surface area contributed by atoms with Crippen LogP contribution >= 0.6 is 24.0 Å². The standard InChI is InChI=1S/C21H20N2O3S2/c24-14-17(11-15-7-3-1-4-8-15)22-19(25)13-23-20(26)18(28-21(23)27)12-16-9-5-2-6-10-16/h1-10,12,17,24H,11,13-14H2,(H,22,25)/b18-12-. The number of carbonyl (C=O) groups excluding carboxylic acids is 2. The van der Waals surface area contributed by atoms with Crippen molar-refractivity contribution in [2.45, 2.75) is 12.5 Å². The van der Waals surface area contributed by atoms with E-state index < -0.39 is 6.04 Å². The van der Waals surface area contributed by atoms with Gasteiger partial charge in [0.1, 0.15) is 10.9 Å². The molecule has 2 aromatic rings. The van der Waals surface area contributed by atoms with Crippen LogP contribution < -0.4 is 5.32 Å². The van der Waals surface area contributed by atoms with Gasteiger partial charge >= 0.3 is 0 Å². The lowest BCUT2D eigenvalue weighted by molar-refractivity contribution is -0.129. The molecule has 28 heavy (non-hydrogen) atoms. The van der Waals surface area contributed by atoms with Crippen molar-refractivity contribution in [1.82, 2.24) is 10.2 Å². The number of hydrogen-bond donors (Lipinski definition) is 2. The van der Waals surface area contributed by atoms with Crippen LogP contribution in [-0.4, -0.2) is 45.3 Å². The molecule has 0 radical (unpaired) electrons. The van der Waals surface area contributed by atoms with Gasteiger partial charge in [0, 0.05) is 0 Å². The first-order valence-electron chi connectivity index (χ1n) is 8.81. The Hall–Kier alpha value is -2.48. The Labute approximate surface area is 173 Å². The molecule has 2 N–H and O–H groups in total. The van der Waals surface area contributed by atoms with Crippen molar-refractivity contribution in [3.8, 4) is 0 Å². The van der Waals surface area contributed by atoms with Crippen molar-refractivity contribution in [3.63, 3.8) is 0 Å². The number of amides is 2. The highest BCUT2D eigenvalue weighted by Crippen LogP contribution is 2.32. The maximum Gasteiger partial charge on any atom is 0.266 e. The lowest BCUT2D eigenvalue weighted by Crippen LogP contribution is -2.45. The van der Waals surface area contributed by atoms with Crippen molar-refractivity contribution in [3.05, 3.63) is 76.7 Å². The predicted octanol–water partition coefficient (Wildman–Crippen LogP) is 2.61. The second-order valence-corrected chi connectivity index (χ2v) is 7.99. The van der Waals surface area contributed by atoms with Crippen molar-refractivity contribution >= 4 is 46.2 Å². The number of thiocarbonyl (C=S) groups is 1.